The van der Waals surface area contributed by atoms with E-state index in [9.17, 15) is 0 Å². The van der Waals surface area contributed by atoms with E-state index in [0.717, 1.165) is 20.7 Å². The number of fused-ring (bicyclic) bond motifs is 4. The van der Waals surface area contributed by atoms with Crippen LogP contribution in [0.5, 0.6) is 0 Å². The Hall–Kier alpha value is -3.56. The standard InChI is InChI=1S/C22H14N6S2/c1-21(2)13-5-15(27-11(7-23)8-24)22(3,4)17(13)20-18(21)19-14(29-20)6-16(30-19)28-12(9-25)10-26/h5-6H,1-4H3. The van der Waals surface area contributed by atoms with Gasteiger partial charge in [-0.05, 0) is 28.9 Å². The molecule has 0 radical (unpaired) electrons. The number of thiophene rings is 2. The van der Waals surface area contributed by atoms with E-state index in [-0.39, 0.29) is 16.8 Å². The fourth-order valence-corrected chi connectivity index (χ4v) is 7.16. The Morgan fingerprint density at radius 1 is 0.867 bits per heavy atom. The van der Waals surface area contributed by atoms with Crippen molar-refractivity contribution in [3.05, 3.63) is 33.9 Å². The minimum Gasteiger partial charge on any atom is -0.231 e. The van der Waals surface area contributed by atoms with Crippen LogP contribution in [0.15, 0.2) is 33.4 Å². The first kappa shape index (κ1) is 19.7. The SMILES string of the molecule is CC1(C)C(N=C(C#N)C#N)=CC2=C1c1sc3cc(N=C(C#N)C#N)sc3c1C2(C)C. The molecule has 2 aromatic rings. The average molecular weight is 427 g/mol. The van der Waals surface area contributed by atoms with E-state index < -0.39 is 5.41 Å². The second-order valence-electron chi connectivity index (χ2n) is 8.02. The normalized spacial score (nSPS) is 17.1. The third-order valence-corrected chi connectivity index (χ3v) is 7.90. The molecule has 0 atom stereocenters. The molecule has 6 nitrogen and oxygen atoms in total. The monoisotopic (exact) mass is 426 g/mol. The van der Waals surface area contributed by atoms with Gasteiger partial charge in [-0.3, -0.25) is 0 Å². The van der Waals surface area contributed by atoms with Gasteiger partial charge in [-0.1, -0.05) is 27.7 Å². The van der Waals surface area contributed by atoms with Crippen molar-refractivity contribution in [3.63, 3.8) is 0 Å². The summed E-state index contributed by atoms with van der Waals surface area (Å²) >= 11 is 3.16. The Kier molecular flexibility index (Phi) is 4.26. The van der Waals surface area contributed by atoms with Crippen molar-refractivity contribution in [2.24, 2.45) is 15.4 Å². The summed E-state index contributed by atoms with van der Waals surface area (Å²) in [6, 6.07) is 9.22. The number of nitrogens with zero attached hydrogens (tertiary/aromatic N) is 6. The Bertz CT molecular complexity index is 1390. The van der Waals surface area contributed by atoms with Crippen molar-refractivity contribution in [2.45, 2.75) is 33.1 Å². The van der Waals surface area contributed by atoms with E-state index in [1.54, 1.807) is 23.5 Å². The second-order valence-corrected chi connectivity index (χ2v) is 10.1. The molecule has 0 bridgehead atoms. The molecule has 0 aromatic carbocycles. The van der Waals surface area contributed by atoms with Gasteiger partial charge >= 0.3 is 0 Å². The van der Waals surface area contributed by atoms with Crippen LogP contribution < -0.4 is 0 Å². The largest absolute Gasteiger partial charge is 0.231 e. The maximum absolute atomic E-state index is 9.12. The third-order valence-electron chi connectivity index (χ3n) is 5.57. The van der Waals surface area contributed by atoms with Crippen molar-refractivity contribution in [2.75, 3.05) is 0 Å². The lowest BCUT2D eigenvalue weighted by molar-refractivity contribution is 0.607. The average Bonchev–Trinajstić information content (AvgIpc) is 3.36. The van der Waals surface area contributed by atoms with Crippen LogP contribution in [-0.2, 0) is 5.41 Å². The van der Waals surface area contributed by atoms with Gasteiger partial charge in [0, 0.05) is 20.4 Å². The molecule has 0 N–H and O–H groups in total. The molecule has 0 amide bonds. The van der Waals surface area contributed by atoms with E-state index in [0.29, 0.717) is 5.00 Å². The van der Waals surface area contributed by atoms with Gasteiger partial charge in [-0.2, -0.15) is 21.0 Å². The Morgan fingerprint density at radius 2 is 1.47 bits per heavy atom. The van der Waals surface area contributed by atoms with Gasteiger partial charge in [-0.15, -0.1) is 22.7 Å². The first-order chi connectivity index (χ1) is 14.2. The van der Waals surface area contributed by atoms with Crippen LogP contribution in [0.4, 0.5) is 5.00 Å². The van der Waals surface area contributed by atoms with E-state index in [2.05, 4.69) is 37.7 Å². The highest BCUT2D eigenvalue weighted by Gasteiger charge is 2.50. The molecule has 0 saturated carbocycles. The molecule has 0 unspecified atom stereocenters. The molecule has 4 rings (SSSR count). The van der Waals surface area contributed by atoms with Gasteiger partial charge < -0.3 is 0 Å². The zero-order valence-electron chi connectivity index (χ0n) is 16.7. The summed E-state index contributed by atoms with van der Waals surface area (Å²) in [6.07, 6.45) is 2.01. The number of allylic oxidation sites excluding steroid dienone is 3. The van der Waals surface area contributed by atoms with Crippen molar-refractivity contribution in [3.8, 4) is 24.3 Å². The summed E-state index contributed by atoms with van der Waals surface area (Å²) in [5.41, 5.74) is 3.27. The van der Waals surface area contributed by atoms with Gasteiger partial charge in [0.2, 0.25) is 11.4 Å². The molecule has 0 saturated heterocycles. The number of aliphatic imine (C=N–C) groups is 2. The fraction of sp³-hybridized carbons (Fsp3) is 0.273. The molecule has 2 heterocycles. The van der Waals surface area contributed by atoms with Crippen LogP contribution in [-0.4, -0.2) is 11.4 Å². The van der Waals surface area contributed by atoms with E-state index in [1.807, 2.05) is 24.3 Å². The summed E-state index contributed by atoms with van der Waals surface area (Å²) in [4.78, 5) is 9.68. The van der Waals surface area contributed by atoms with Gasteiger partial charge in [0.15, 0.2) is 0 Å². The summed E-state index contributed by atoms with van der Waals surface area (Å²) in [7, 11) is 0. The highest BCUT2D eigenvalue weighted by molar-refractivity contribution is 7.30. The molecule has 0 fully saturated rings. The zero-order valence-corrected chi connectivity index (χ0v) is 18.3. The summed E-state index contributed by atoms with van der Waals surface area (Å²) in [5.74, 6) is 0. The van der Waals surface area contributed by atoms with E-state index in [4.69, 9.17) is 21.0 Å². The topological polar surface area (TPSA) is 120 Å². The lowest BCUT2D eigenvalue weighted by Crippen LogP contribution is -2.15. The van der Waals surface area contributed by atoms with E-state index in [1.165, 1.54) is 27.4 Å². The first-order valence-corrected chi connectivity index (χ1v) is 10.6. The van der Waals surface area contributed by atoms with Crippen molar-refractivity contribution in [1.82, 2.24) is 0 Å². The van der Waals surface area contributed by atoms with E-state index >= 15 is 0 Å². The molecule has 0 aliphatic heterocycles. The molecular weight excluding hydrogens is 412 g/mol. The van der Waals surface area contributed by atoms with Crippen LogP contribution in [0, 0.1) is 50.7 Å². The van der Waals surface area contributed by atoms with Crippen molar-refractivity contribution < 1.29 is 0 Å². The third kappa shape index (κ3) is 2.56. The summed E-state index contributed by atoms with van der Waals surface area (Å²) < 4.78 is 2.19. The maximum atomic E-state index is 9.12. The summed E-state index contributed by atoms with van der Waals surface area (Å²) in [6.45, 7) is 8.46. The highest BCUT2D eigenvalue weighted by atomic mass is 32.1. The molecule has 0 spiro atoms. The number of hydrogen-bond acceptors (Lipinski definition) is 8. The smallest absolute Gasteiger partial charge is 0.219 e. The van der Waals surface area contributed by atoms with Crippen LogP contribution in [0.1, 0.15) is 38.1 Å². The lowest BCUT2D eigenvalue weighted by atomic mass is 9.82. The van der Waals surface area contributed by atoms with Crippen LogP contribution >= 0.6 is 22.7 Å². The van der Waals surface area contributed by atoms with Crippen LogP contribution in [0.3, 0.4) is 0 Å². The fourth-order valence-electron chi connectivity index (χ4n) is 4.12. The molecule has 2 aromatic heterocycles. The van der Waals surface area contributed by atoms with Crippen LogP contribution in [0.2, 0.25) is 0 Å². The van der Waals surface area contributed by atoms with Gasteiger partial charge in [-0.25, -0.2) is 9.98 Å². The quantitative estimate of drug-likeness (QED) is 0.585. The minimum atomic E-state index is -0.431. The zero-order chi connectivity index (χ0) is 21.8. The molecule has 2 aliphatic carbocycles. The van der Waals surface area contributed by atoms with Crippen molar-refractivity contribution in [1.29, 1.82) is 21.0 Å². The predicted octanol–water partition coefficient (Wildman–Crippen LogP) is 5.54. The Balaban J connectivity index is 1.88. The Labute approximate surface area is 181 Å². The van der Waals surface area contributed by atoms with Gasteiger partial charge in [0.05, 0.1) is 10.4 Å². The molecule has 8 heteroatoms. The number of hydrogen-bond donors (Lipinski definition) is 0. The van der Waals surface area contributed by atoms with Crippen molar-refractivity contribution >= 4 is 54.1 Å². The van der Waals surface area contributed by atoms with Crippen LogP contribution in [0.25, 0.3) is 15.0 Å². The molecule has 30 heavy (non-hydrogen) atoms. The number of rotatable bonds is 2. The second kappa shape index (κ2) is 6.48. The molecule has 2 aliphatic rings. The minimum absolute atomic E-state index is 0.144. The Morgan fingerprint density at radius 3 is 2.07 bits per heavy atom. The van der Waals surface area contributed by atoms with Gasteiger partial charge in [0.25, 0.3) is 0 Å². The predicted molar refractivity (Wildman–Crippen MR) is 118 cm³/mol. The molecule has 144 valence electrons. The highest BCUT2D eigenvalue weighted by Crippen LogP contribution is 2.64. The number of nitriles is 4. The summed E-state index contributed by atoms with van der Waals surface area (Å²) in [5, 5.41) is 36.8. The maximum Gasteiger partial charge on any atom is 0.219 e. The van der Waals surface area contributed by atoms with Gasteiger partial charge in [0.1, 0.15) is 29.3 Å². The lowest BCUT2D eigenvalue weighted by Gasteiger charge is -2.23. The molecular formula is C22H14N6S2. The first-order valence-electron chi connectivity index (χ1n) is 9.01.